The van der Waals surface area contributed by atoms with E-state index < -0.39 is 61.2 Å². The summed E-state index contributed by atoms with van der Waals surface area (Å²) in [6.07, 6.45) is -0.831. The second-order valence-corrected chi connectivity index (χ2v) is 8.90. The topological polar surface area (TPSA) is 183 Å². The molecule has 2 saturated carbocycles. The summed E-state index contributed by atoms with van der Waals surface area (Å²) in [6.45, 7) is 10.9. The first-order chi connectivity index (χ1) is 20.0. The molecule has 6 unspecified atom stereocenters. The molecule has 14 nitrogen and oxygen atoms in total. The first kappa shape index (κ1) is 50.1. The molecule has 0 bridgehead atoms. The normalized spacial score (nSPS) is 21.1. The van der Waals surface area contributed by atoms with Gasteiger partial charge in [-0.2, -0.15) is 0 Å². The fourth-order valence-corrected chi connectivity index (χ4v) is 3.62. The molecule has 16 heteroatoms. The Bertz CT molecular complexity index is 683. The smallest absolute Gasteiger partial charge is 0.438 e. The van der Waals surface area contributed by atoms with E-state index in [4.69, 9.17) is 18.9 Å². The second kappa shape index (κ2) is 32.2. The van der Waals surface area contributed by atoms with Crippen LogP contribution >= 0.6 is 0 Å². The predicted octanol–water partition coefficient (Wildman–Crippen LogP) is 5.28. The van der Waals surface area contributed by atoms with E-state index in [9.17, 15) is 29.4 Å². The standard InChI is InChI=1S/2C12H20O7.2C2H6.2Y/c2*1-8(7-17-11(14)16-2)18-12(15)19-10-6-4-3-5-9(10)13;2*1-2;;/h2*8-10,13H,3-7H2,1-2H3;2*1-2H3;;. The van der Waals surface area contributed by atoms with Crippen molar-refractivity contribution in [3.8, 4) is 0 Å². The summed E-state index contributed by atoms with van der Waals surface area (Å²) < 4.78 is 37.6. The van der Waals surface area contributed by atoms with Crippen molar-refractivity contribution in [2.75, 3.05) is 27.4 Å². The summed E-state index contributed by atoms with van der Waals surface area (Å²) in [5, 5.41) is 19.3. The molecule has 2 rings (SSSR count). The quantitative estimate of drug-likeness (QED) is 0.239. The van der Waals surface area contributed by atoms with Crippen molar-refractivity contribution >= 4 is 24.6 Å². The molecule has 0 aromatic carbocycles. The maximum absolute atomic E-state index is 11.5. The van der Waals surface area contributed by atoms with Gasteiger partial charge in [0.05, 0.1) is 26.4 Å². The van der Waals surface area contributed by atoms with E-state index in [1.165, 1.54) is 14.2 Å². The summed E-state index contributed by atoms with van der Waals surface area (Å²) in [7, 11) is 2.37. The summed E-state index contributed by atoms with van der Waals surface area (Å²) >= 11 is 0. The van der Waals surface area contributed by atoms with Crippen LogP contribution in [0.2, 0.25) is 0 Å². The largest absolute Gasteiger partial charge is 0.509 e. The molecule has 0 aliphatic heterocycles. The molecule has 0 aromatic heterocycles. The molecule has 2 N–H and O–H groups in total. The number of ether oxygens (including phenoxy) is 8. The number of hydrogen-bond acceptors (Lipinski definition) is 14. The van der Waals surface area contributed by atoms with Crippen molar-refractivity contribution in [1.82, 2.24) is 0 Å². The maximum Gasteiger partial charge on any atom is 0.509 e. The molecule has 2 fully saturated rings. The van der Waals surface area contributed by atoms with E-state index in [-0.39, 0.29) is 78.6 Å². The Labute approximate surface area is 312 Å². The van der Waals surface area contributed by atoms with Crippen LogP contribution in [-0.4, -0.2) is 98.9 Å². The number of methoxy groups -OCH3 is 2. The van der Waals surface area contributed by atoms with Gasteiger partial charge in [-0.15, -0.1) is 0 Å². The van der Waals surface area contributed by atoms with Gasteiger partial charge in [0, 0.05) is 65.4 Å². The van der Waals surface area contributed by atoms with E-state index in [1.54, 1.807) is 13.8 Å². The molecule has 0 aromatic rings. The molecule has 44 heavy (non-hydrogen) atoms. The third-order valence-corrected chi connectivity index (χ3v) is 5.63. The number of aliphatic hydroxyl groups excluding tert-OH is 2. The van der Waals surface area contributed by atoms with Crippen molar-refractivity contribution in [2.45, 2.75) is 130 Å². The minimum absolute atomic E-state index is 0. The average molecular weight is 791 g/mol. The third-order valence-electron chi connectivity index (χ3n) is 5.63. The van der Waals surface area contributed by atoms with Crippen LogP contribution in [0.5, 0.6) is 0 Å². The van der Waals surface area contributed by atoms with Crippen LogP contribution in [0.4, 0.5) is 19.2 Å². The van der Waals surface area contributed by atoms with Crippen molar-refractivity contribution in [3.05, 3.63) is 0 Å². The first-order valence-corrected chi connectivity index (χ1v) is 14.6. The van der Waals surface area contributed by atoms with Gasteiger partial charge in [-0.1, -0.05) is 40.5 Å². The van der Waals surface area contributed by atoms with E-state index >= 15 is 0 Å². The van der Waals surface area contributed by atoms with Gasteiger partial charge in [-0.25, -0.2) is 19.2 Å². The van der Waals surface area contributed by atoms with Crippen LogP contribution in [0.3, 0.4) is 0 Å². The van der Waals surface area contributed by atoms with Crippen molar-refractivity contribution in [3.63, 3.8) is 0 Å². The second-order valence-electron chi connectivity index (χ2n) is 8.90. The van der Waals surface area contributed by atoms with Crippen molar-refractivity contribution < 1.29 is 133 Å². The van der Waals surface area contributed by atoms with Gasteiger partial charge in [0.15, 0.2) is 0 Å². The maximum atomic E-state index is 11.5. The molecule has 0 spiro atoms. The molecule has 0 saturated heterocycles. The van der Waals surface area contributed by atoms with Gasteiger partial charge in [-0.05, 0) is 52.4 Å². The van der Waals surface area contributed by atoms with Crippen LogP contribution in [0.15, 0.2) is 0 Å². The van der Waals surface area contributed by atoms with Gasteiger partial charge in [0.1, 0.15) is 37.6 Å². The molecule has 254 valence electrons. The van der Waals surface area contributed by atoms with Crippen LogP contribution in [0.25, 0.3) is 0 Å². The van der Waals surface area contributed by atoms with Crippen LogP contribution in [0.1, 0.15) is 92.9 Å². The van der Waals surface area contributed by atoms with Crippen LogP contribution in [-0.2, 0) is 103 Å². The summed E-state index contributed by atoms with van der Waals surface area (Å²) in [5.41, 5.74) is 0. The Morgan fingerprint density at radius 3 is 1.16 bits per heavy atom. The monoisotopic (exact) mass is 790 g/mol. The summed E-state index contributed by atoms with van der Waals surface area (Å²) in [6, 6.07) is 0. The Morgan fingerprint density at radius 2 is 0.886 bits per heavy atom. The number of aliphatic hydroxyl groups is 2. The Morgan fingerprint density at radius 1 is 0.591 bits per heavy atom. The Hall–Kier alpha value is -0.792. The van der Waals surface area contributed by atoms with Crippen LogP contribution < -0.4 is 0 Å². The van der Waals surface area contributed by atoms with E-state index in [0.29, 0.717) is 25.7 Å². The average Bonchev–Trinajstić information content (AvgIpc) is 2.99. The zero-order valence-electron chi connectivity index (χ0n) is 27.5. The zero-order chi connectivity index (χ0) is 32.5. The van der Waals surface area contributed by atoms with Crippen molar-refractivity contribution in [1.29, 1.82) is 0 Å². The third kappa shape index (κ3) is 25.4. The predicted molar refractivity (Wildman–Crippen MR) is 150 cm³/mol. The van der Waals surface area contributed by atoms with Gasteiger partial charge >= 0.3 is 24.6 Å². The van der Waals surface area contributed by atoms with E-state index in [1.807, 2.05) is 27.7 Å². The van der Waals surface area contributed by atoms with Gasteiger partial charge in [0.2, 0.25) is 0 Å². The number of rotatable bonds is 8. The molecule has 0 amide bonds. The van der Waals surface area contributed by atoms with Gasteiger partial charge in [-0.3, -0.25) is 0 Å². The SMILES string of the molecule is CC.CC.COC(=O)OCC(C)OC(=O)OC1CCCCC1O.COC(=O)OCC(C)OC(=O)OC1CCCCC1O.[Y].[Y]. The van der Waals surface area contributed by atoms with E-state index in [2.05, 4.69) is 18.9 Å². The number of hydrogen-bond donors (Lipinski definition) is 2. The van der Waals surface area contributed by atoms with Gasteiger partial charge < -0.3 is 48.1 Å². The van der Waals surface area contributed by atoms with Gasteiger partial charge in [0.25, 0.3) is 0 Å². The number of carbonyl (C=O) groups is 4. The minimum Gasteiger partial charge on any atom is -0.438 e. The Balaban J connectivity index is -0.000000314. The first-order valence-electron chi connectivity index (χ1n) is 14.6. The molecular formula is C28H52O14Y2. The molecule has 0 heterocycles. The molecule has 2 radical (unpaired) electrons. The summed E-state index contributed by atoms with van der Waals surface area (Å²) in [4.78, 5) is 44.3. The molecule has 6 atom stereocenters. The van der Waals surface area contributed by atoms with Crippen molar-refractivity contribution in [2.24, 2.45) is 0 Å². The van der Waals surface area contributed by atoms with Crippen LogP contribution in [0, 0.1) is 0 Å². The molecular weight excluding hydrogens is 738 g/mol. The number of carbonyl (C=O) groups excluding carboxylic acids is 4. The zero-order valence-corrected chi connectivity index (χ0v) is 33.2. The molecule has 2 aliphatic rings. The fourth-order valence-electron chi connectivity index (χ4n) is 3.62. The Kier molecular flexibility index (Phi) is 36.6. The summed E-state index contributed by atoms with van der Waals surface area (Å²) in [5.74, 6) is 0. The molecule has 2 aliphatic carbocycles. The van der Waals surface area contributed by atoms with E-state index in [0.717, 1.165) is 25.7 Å². The fraction of sp³-hybridized carbons (Fsp3) is 0.857. The minimum atomic E-state index is -0.869.